The van der Waals surface area contributed by atoms with Crippen molar-refractivity contribution in [3.05, 3.63) is 150 Å². The van der Waals surface area contributed by atoms with Gasteiger partial charge < -0.3 is 14.2 Å². The molecule has 0 unspecified atom stereocenters. The number of fused-ring (bicyclic) bond motifs is 1. The number of esters is 1. The number of halogens is 1. The lowest BCUT2D eigenvalue weighted by molar-refractivity contribution is -0.138. The molecule has 0 saturated carbocycles. The lowest BCUT2D eigenvalue weighted by atomic mass is 9.93. The Balaban J connectivity index is 1.48. The first-order valence-corrected chi connectivity index (χ1v) is 17.5. The molecule has 1 atom stereocenters. The first kappa shape index (κ1) is 33.0. The van der Waals surface area contributed by atoms with Crippen LogP contribution in [-0.4, -0.2) is 30.0 Å². The van der Waals surface area contributed by atoms with E-state index in [4.69, 9.17) is 19.2 Å². The van der Waals surface area contributed by atoms with Gasteiger partial charge >= 0.3 is 5.97 Å². The summed E-state index contributed by atoms with van der Waals surface area (Å²) >= 11 is 2.85. The van der Waals surface area contributed by atoms with Gasteiger partial charge in [-0.2, -0.15) is 0 Å². The van der Waals surface area contributed by atoms with Crippen molar-refractivity contribution in [3.8, 4) is 11.5 Å². The molecule has 0 radical (unpaired) electrons. The van der Waals surface area contributed by atoms with Gasteiger partial charge in [0, 0.05) is 16.0 Å². The highest BCUT2D eigenvalue weighted by Gasteiger charge is 2.35. The van der Waals surface area contributed by atoms with Gasteiger partial charge in [0.05, 0.1) is 35.1 Å². The first-order valence-electron chi connectivity index (χ1n) is 15.5. The summed E-state index contributed by atoms with van der Waals surface area (Å²) in [5, 5.41) is 0. The van der Waals surface area contributed by atoms with Crippen molar-refractivity contribution >= 4 is 40.8 Å². The van der Waals surface area contributed by atoms with Gasteiger partial charge in [0.15, 0.2) is 16.3 Å². The van der Waals surface area contributed by atoms with Gasteiger partial charge in [0.2, 0.25) is 0 Å². The molecule has 48 heavy (non-hydrogen) atoms. The highest BCUT2D eigenvalue weighted by atomic mass is 32.2. The van der Waals surface area contributed by atoms with E-state index < -0.39 is 12.0 Å². The lowest BCUT2D eigenvalue weighted by Crippen LogP contribution is -2.40. The molecular weight excluding hydrogens is 648 g/mol. The number of carbonyl (C=O) groups excluding carboxylic acids is 1. The number of hydrogen-bond acceptors (Lipinski definition) is 8. The summed E-state index contributed by atoms with van der Waals surface area (Å²) in [6, 6.07) is 28.3. The number of benzene rings is 4. The van der Waals surface area contributed by atoms with E-state index in [1.54, 1.807) is 59.7 Å². The molecule has 4 aromatic carbocycles. The number of nitrogens with zero attached hydrogens (tertiary/aromatic N) is 2. The molecule has 1 aromatic heterocycles. The van der Waals surface area contributed by atoms with Crippen LogP contribution in [0.1, 0.15) is 42.1 Å². The van der Waals surface area contributed by atoms with E-state index in [0.29, 0.717) is 49.8 Å². The summed E-state index contributed by atoms with van der Waals surface area (Å²) in [6.45, 7) is 4.22. The topological polar surface area (TPSA) is 79.1 Å². The molecule has 2 heterocycles. The zero-order valence-corrected chi connectivity index (χ0v) is 28.3. The van der Waals surface area contributed by atoms with E-state index in [0.717, 1.165) is 16.0 Å². The lowest BCUT2D eigenvalue weighted by Gasteiger charge is -2.26. The SMILES string of the molecule is CCOC(=O)C1=C(c2ccccc2)N=c2s/c(=C\c3ccc(OCc4ccccc4F)c(OCC)c3)c(=O)n2[C@@H]1c1ccc(SC)cc1. The third-order valence-electron chi connectivity index (χ3n) is 7.71. The number of ether oxygens (including phenoxy) is 3. The summed E-state index contributed by atoms with van der Waals surface area (Å²) in [5.74, 6) is 0.0558. The molecular formula is C38H33FN2O5S2. The third kappa shape index (κ3) is 6.86. The second-order valence-electron chi connectivity index (χ2n) is 10.7. The average Bonchev–Trinajstić information content (AvgIpc) is 3.42. The van der Waals surface area contributed by atoms with Gasteiger partial charge in [-0.3, -0.25) is 9.36 Å². The maximum absolute atomic E-state index is 14.3. The number of rotatable bonds is 11. The second-order valence-corrected chi connectivity index (χ2v) is 12.6. The molecule has 0 saturated heterocycles. The molecule has 0 spiro atoms. The second kappa shape index (κ2) is 14.9. The van der Waals surface area contributed by atoms with Crippen LogP contribution < -0.4 is 24.4 Å². The quantitative estimate of drug-likeness (QED) is 0.113. The largest absolute Gasteiger partial charge is 0.490 e. The smallest absolute Gasteiger partial charge is 0.338 e. The van der Waals surface area contributed by atoms with Crippen molar-refractivity contribution in [1.29, 1.82) is 0 Å². The van der Waals surface area contributed by atoms with Crippen LogP contribution in [0.2, 0.25) is 0 Å². The minimum atomic E-state index is -0.762. The van der Waals surface area contributed by atoms with Gasteiger partial charge in [0.25, 0.3) is 5.56 Å². The van der Waals surface area contributed by atoms with Gasteiger partial charge in [-0.15, -0.1) is 11.8 Å². The van der Waals surface area contributed by atoms with E-state index in [9.17, 15) is 14.0 Å². The van der Waals surface area contributed by atoms with Crippen LogP contribution in [0, 0.1) is 5.82 Å². The van der Waals surface area contributed by atoms with Gasteiger partial charge in [0.1, 0.15) is 12.4 Å². The van der Waals surface area contributed by atoms with Crippen molar-refractivity contribution < 1.29 is 23.4 Å². The summed E-state index contributed by atoms with van der Waals surface area (Å²) in [7, 11) is 0. The molecule has 6 rings (SSSR count). The zero-order chi connectivity index (χ0) is 33.6. The zero-order valence-electron chi connectivity index (χ0n) is 26.6. The Kier molecular flexibility index (Phi) is 10.2. The van der Waals surface area contributed by atoms with Gasteiger partial charge in [-0.05, 0) is 67.6 Å². The van der Waals surface area contributed by atoms with Crippen LogP contribution in [0.15, 0.2) is 117 Å². The maximum Gasteiger partial charge on any atom is 0.338 e. The van der Waals surface area contributed by atoms with Crippen LogP contribution in [0.25, 0.3) is 11.8 Å². The minimum absolute atomic E-state index is 0.0369. The molecule has 1 aliphatic heterocycles. The fourth-order valence-electron chi connectivity index (χ4n) is 5.47. The number of hydrogen-bond donors (Lipinski definition) is 0. The monoisotopic (exact) mass is 680 g/mol. The molecule has 0 aliphatic carbocycles. The third-order valence-corrected chi connectivity index (χ3v) is 9.44. The fraction of sp³-hybridized carbons (Fsp3) is 0.184. The summed E-state index contributed by atoms with van der Waals surface area (Å²) in [5.41, 5.74) is 3.13. The Morgan fingerprint density at radius 3 is 2.40 bits per heavy atom. The van der Waals surface area contributed by atoms with Crippen molar-refractivity contribution in [1.82, 2.24) is 4.57 Å². The van der Waals surface area contributed by atoms with E-state index >= 15 is 0 Å². The summed E-state index contributed by atoms with van der Waals surface area (Å²) in [4.78, 5) is 34.4. The molecule has 1 aliphatic rings. The van der Waals surface area contributed by atoms with Crippen LogP contribution in [0.5, 0.6) is 11.5 Å². The minimum Gasteiger partial charge on any atom is -0.490 e. The first-order chi connectivity index (χ1) is 23.4. The van der Waals surface area contributed by atoms with E-state index in [2.05, 4.69) is 0 Å². The fourth-order valence-corrected chi connectivity index (χ4v) is 6.88. The molecule has 0 amide bonds. The predicted octanol–water partition coefficient (Wildman–Crippen LogP) is 6.77. The highest BCUT2D eigenvalue weighted by molar-refractivity contribution is 7.98. The molecule has 10 heteroatoms. The van der Waals surface area contributed by atoms with Crippen molar-refractivity contribution in [2.75, 3.05) is 19.5 Å². The predicted molar refractivity (Wildman–Crippen MR) is 188 cm³/mol. The molecule has 7 nitrogen and oxygen atoms in total. The Morgan fingerprint density at radius 2 is 1.69 bits per heavy atom. The molecule has 244 valence electrons. The van der Waals surface area contributed by atoms with Crippen LogP contribution >= 0.6 is 23.1 Å². The van der Waals surface area contributed by atoms with Crippen molar-refractivity contribution in [2.45, 2.75) is 31.4 Å². The standard InChI is InChI=1S/C38H33FN2O5S2/c1-4-44-31-21-24(15-20-30(31)46-23-27-13-9-10-14-29(27)39)22-32-36(42)41-35(26-16-18-28(47-3)19-17-26)33(37(43)45-5-2)34(40-38(41)48-32)25-11-7-6-8-12-25/h6-22,35H,4-5,23H2,1-3H3/b32-22-/t35-/m1/s1. The number of carbonyl (C=O) groups is 1. The Labute approximate surface area is 285 Å². The van der Waals surface area contributed by atoms with E-state index in [1.165, 1.54) is 17.4 Å². The van der Waals surface area contributed by atoms with Crippen LogP contribution in [-0.2, 0) is 16.1 Å². The normalized spacial score (nSPS) is 14.3. The van der Waals surface area contributed by atoms with Crippen molar-refractivity contribution in [2.24, 2.45) is 4.99 Å². The highest BCUT2D eigenvalue weighted by Crippen LogP contribution is 2.36. The molecule has 0 bridgehead atoms. The number of aromatic nitrogens is 1. The van der Waals surface area contributed by atoms with Gasteiger partial charge in [-0.1, -0.05) is 78.1 Å². The molecule has 5 aromatic rings. The molecule has 0 fully saturated rings. The number of thiazole rings is 1. The number of thioether (sulfide) groups is 1. The van der Waals surface area contributed by atoms with E-state index in [1.807, 2.05) is 73.8 Å². The average molecular weight is 681 g/mol. The molecule has 0 N–H and O–H groups in total. The van der Waals surface area contributed by atoms with Crippen molar-refractivity contribution in [3.63, 3.8) is 0 Å². The Bertz CT molecular complexity index is 2160. The maximum atomic E-state index is 14.3. The summed E-state index contributed by atoms with van der Waals surface area (Å²) < 4.78 is 33.6. The van der Waals surface area contributed by atoms with Gasteiger partial charge in [-0.25, -0.2) is 14.2 Å². The van der Waals surface area contributed by atoms with Crippen LogP contribution in [0.4, 0.5) is 4.39 Å². The Hall–Kier alpha value is -4.93. The van der Waals surface area contributed by atoms with Crippen LogP contribution in [0.3, 0.4) is 0 Å². The van der Waals surface area contributed by atoms with E-state index in [-0.39, 0.29) is 24.6 Å². The Morgan fingerprint density at radius 1 is 0.938 bits per heavy atom. The summed E-state index contributed by atoms with van der Waals surface area (Å²) in [6.07, 6.45) is 3.77.